The predicted octanol–water partition coefficient (Wildman–Crippen LogP) is -0.802. The lowest BCUT2D eigenvalue weighted by atomic mass is 10.1. The molecule has 0 spiro atoms. The van der Waals surface area contributed by atoms with Crippen molar-refractivity contribution in [3.8, 4) is 0 Å². The van der Waals surface area contributed by atoms with Gasteiger partial charge in [-0.25, -0.2) is 4.72 Å². The molecular weight excluding hydrogens is 310 g/mol. The number of carbonyl (C=O) groups is 2. The van der Waals surface area contributed by atoms with E-state index in [0.717, 1.165) is 5.56 Å². The summed E-state index contributed by atoms with van der Waals surface area (Å²) in [5.74, 6) is -1.61. The van der Waals surface area contributed by atoms with E-state index in [2.05, 4.69) is 4.18 Å². The van der Waals surface area contributed by atoms with Crippen molar-refractivity contribution in [3.63, 3.8) is 0 Å². The zero-order chi connectivity index (χ0) is 16.8. The standard InChI is InChI=1S/C13H19N3O5S/c1-9(7-12(15)17)21-22(19,20)16-13(18)11(14)8-10-5-3-2-4-6-10/h2-6,9,11H,7-8,14H2,1H3,(H2,15,17)(H,16,18)/t9?,11-/m0/s1. The van der Waals surface area contributed by atoms with Gasteiger partial charge in [0.15, 0.2) is 0 Å². The molecule has 0 aliphatic heterocycles. The Morgan fingerprint density at radius 1 is 1.27 bits per heavy atom. The van der Waals surface area contributed by atoms with Gasteiger partial charge in [0.05, 0.1) is 18.6 Å². The summed E-state index contributed by atoms with van der Waals surface area (Å²) in [6, 6.07) is 7.87. The van der Waals surface area contributed by atoms with Gasteiger partial charge in [-0.1, -0.05) is 30.3 Å². The SMILES string of the molecule is CC(CC(N)=O)OS(=O)(=O)NC(=O)[C@@H](N)Cc1ccccc1. The normalized spacial score (nSPS) is 14.1. The molecule has 0 aromatic heterocycles. The van der Waals surface area contributed by atoms with Gasteiger partial charge in [-0.3, -0.25) is 13.8 Å². The van der Waals surface area contributed by atoms with Crippen LogP contribution in [0.2, 0.25) is 0 Å². The van der Waals surface area contributed by atoms with E-state index in [0.29, 0.717) is 0 Å². The van der Waals surface area contributed by atoms with Gasteiger partial charge in [-0.15, -0.1) is 0 Å². The van der Waals surface area contributed by atoms with Crippen LogP contribution < -0.4 is 16.2 Å². The van der Waals surface area contributed by atoms with Crippen LogP contribution in [0.4, 0.5) is 0 Å². The third-order valence-electron chi connectivity index (χ3n) is 2.64. The Bertz CT molecular complexity index is 618. The maximum Gasteiger partial charge on any atom is 0.362 e. The van der Waals surface area contributed by atoms with Crippen LogP contribution in [0.25, 0.3) is 0 Å². The Hall–Kier alpha value is -1.97. The first-order chi connectivity index (χ1) is 10.2. The molecule has 0 heterocycles. The highest BCUT2D eigenvalue weighted by atomic mass is 32.2. The average molecular weight is 329 g/mol. The quantitative estimate of drug-likeness (QED) is 0.570. The molecule has 0 aliphatic rings. The highest BCUT2D eigenvalue weighted by Gasteiger charge is 2.23. The zero-order valence-electron chi connectivity index (χ0n) is 12.1. The van der Waals surface area contributed by atoms with Gasteiger partial charge in [0.1, 0.15) is 0 Å². The van der Waals surface area contributed by atoms with Crippen molar-refractivity contribution in [3.05, 3.63) is 35.9 Å². The first kappa shape index (κ1) is 18.1. The molecule has 122 valence electrons. The van der Waals surface area contributed by atoms with E-state index in [1.165, 1.54) is 6.92 Å². The largest absolute Gasteiger partial charge is 0.370 e. The summed E-state index contributed by atoms with van der Waals surface area (Å²) < 4.78 is 29.6. The Morgan fingerprint density at radius 3 is 2.41 bits per heavy atom. The maximum absolute atomic E-state index is 11.8. The van der Waals surface area contributed by atoms with Gasteiger partial charge in [-0.05, 0) is 18.9 Å². The van der Waals surface area contributed by atoms with E-state index in [1.54, 1.807) is 29.0 Å². The number of rotatable bonds is 8. The molecule has 8 nitrogen and oxygen atoms in total. The minimum Gasteiger partial charge on any atom is -0.370 e. The lowest BCUT2D eigenvalue weighted by Gasteiger charge is -2.15. The predicted molar refractivity (Wildman–Crippen MR) is 79.5 cm³/mol. The highest BCUT2D eigenvalue weighted by molar-refractivity contribution is 7.85. The van der Waals surface area contributed by atoms with Crippen LogP contribution in [0.5, 0.6) is 0 Å². The summed E-state index contributed by atoms with van der Waals surface area (Å²) >= 11 is 0. The average Bonchev–Trinajstić information content (AvgIpc) is 2.37. The van der Waals surface area contributed by atoms with Gasteiger partial charge < -0.3 is 11.5 Å². The fraction of sp³-hybridized carbons (Fsp3) is 0.385. The Kier molecular flexibility index (Phi) is 6.47. The van der Waals surface area contributed by atoms with Crippen LogP contribution in [0.1, 0.15) is 18.9 Å². The number of hydrogen-bond donors (Lipinski definition) is 3. The van der Waals surface area contributed by atoms with Crippen LogP contribution in [0, 0.1) is 0 Å². The van der Waals surface area contributed by atoms with Crippen LogP contribution in [0.15, 0.2) is 30.3 Å². The maximum atomic E-state index is 11.8. The van der Waals surface area contributed by atoms with Crippen LogP contribution in [-0.2, 0) is 30.5 Å². The monoisotopic (exact) mass is 329 g/mol. The van der Waals surface area contributed by atoms with Crippen molar-refractivity contribution < 1.29 is 22.2 Å². The van der Waals surface area contributed by atoms with E-state index in [9.17, 15) is 18.0 Å². The summed E-state index contributed by atoms with van der Waals surface area (Å²) in [6.07, 6.45) is -1.09. The minimum atomic E-state index is -4.35. The van der Waals surface area contributed by atoms with E-state index >= 15 is 0 Å². The third-order valence-corrected chi connectivity index (χ3v) is 3.67. The molecule has 1 unspecified atom stereocenters. The summed E-state index contributed by atoms with van der Waals surface area (Å²) in [5.41, 5.74) is 11.4. The Balaban J connectivity index is 2.57. The van der Waals surface area contributed by atoms with Crippen molar-refractivity contribution in [2.75, 3.05) is 0 Å². The molecule has 2 amide bonds. The lowest BCUT2D eigenvalue weighted by Crippen LogP contribution is -2.45. The third kappa shape index (κ3) is 6.66. The molecule has 0 fully saturated rings. The molecule has 9 heteroatoms. The highest BCUT2D eigenvalue weighted by Crippen LogP contribution is 2.04. The smallest absolute Gasteiger partial charge is 0.362 e. The number of primary amides is 1. The second-order valence-corrected chi connectivity index (χ2v) is 6.10. The zero-order valence-corrected chi connectivity index (χ0v) is 12.9. The summed E-state index contributed by atoms with van der Waals surface area (Å²) in [6.45, 7) is 1.35. The fourth-order valence-electron chi connectivity index (χ4n) is 1.72. The van der Waals surface area contributed by atoms with Crippen molar-refractivity contribution in [2.45, 2.75) is 31.9 Å². The lowest BCUT2D eigenvalue weighted by molar-refractivity contribution is -0.120. The molecular formula is C13H19N3O5S. The number of amides is 2. The second-order valence-electron chi connectivity index (χ2n) is 4.79. The number of nitrogens with two attached hydrogens (primary N) is 2. The van der Waals surface area contributed by atoms with Crippen LogP contribution >= 0.6 is 0 Å². The first-order valence-electron chi connectivity index (χ1n) is 6.52. The first-order valence-corrected chi connectivity index (χ1v) is 7.93. The molecule has 0 saturated carbocycles. The van der Waals surface area contributed by atoms with Gasteiger partial charge in [0, 0.05) is 0 Å². The van der Waals surface area contributed by atoms with Crippen molar-refractivity contribution >= 4 is 22.1 Å². The van der Waals surface area contributed by atoms with Crippen LogP contribution in [0.3, 0.4) is 0 Å². The summed E-state index contributed by atoms with van der Waals surface area (Å²) in [7, 11) is -4.35. The van der Waals surface area contributed by atoms with E-state index in [-0.39, 0.29) is 12.8 Å². The summed E-state index contributed by atoms with van der Waals surface area (Å²) in [5, 5.41) is 0. The molecule has 5 N–H and O–H groups in total. The van der Waals surface area contributed by atoms with E-state index in [1.807, 2.05) is 6.07 Å². The van der Waals surface area contributed by atoms with E-state index < -0.39 is 34.3 Å². The molecule has 1 aromatic carbocycles. The molecule has 0 bridgehead atoms. The molecule has 0 aliphatic carbocycles. The topological polar surface area (TPSA) is 142 Å². The minimum absolute atomic E-state index is 0.180. The van der Waals surface area contributed by atoms with Gasteiger partial charge in [-0.2, -0.15) is 8.42 Å². The molecule has 0 saturated heterocycles. The second kappa shape index (κ2) is 7.87. The van der Waals surface area contributed by atoms with Gasteiger partial charge >= 0.3 is 10.3 Å². The summed E-state index contributed by atoms with van der Waals surface area (Å²) in [4.78, 5) is 22.4. The number of carbonyl (C=O) groups excluding carboxylic acids is 2. The van der Waals surface area contributed by atoms with Gasteiger partial charge in [0.2, 0.25) is 5.91 Å². The molecule has 1 rings (SSSR count). The Labute approximate surface area is 129 Å². The number of nitrogens with one attached hydrogen (secondary N) is 1. The number of hydrogen-bond acceptors (Lipinski definition) is 6. The molecule has 22 heavy (non-hydrogen) atoms. The van der Waals surface area contributed by atoms with E-state index in [4.69, 9.17) is 11.5 Å². The fourth-order valence-corrected chi connectivity index (χ4v) is 2.66. The van der Waals surface area contributed by atoms with Crippen molar-refractivity contribution in [1.82, 2.24) is 4.72 Å². The number of benzene rings is 1. The van der Waals surface area contributed by atoms with Crippen LogP contribution in [-0.4, -0.2) is 32.4 Å². The van der Waals surface area contributed by atoms with Gasteiger partial charge in [0.25, 0.3) is 5.91 Å². The Morgan fingerprint density at radius 2 is 1.86 bits per heavy atom. The molecule has 2 atom stereocenters. The molecule has 0 radical (unpaired) electrons. The molecule has 1 aromatic rings. The van der Waals surface area contributed by atoms with Crippen molar-refractivity contribution in [1.29, 1.82) is 0 Å². The van der Waals surface area contributed by atoms with Crippen molar-refractivity contribution in [2.24, 2.45) is 11.5 Å².